The Hall–Kier alpha value is -3.40. The summed E-state index contributed by atoms with van der Waals surface area (Å²) in [5.74, 6) is 1.41. The number of hydrogen-bond acceptors (Lipinski definition) is 9. The lowest BCUT2D eigenvalue weighted by Gasteiger charge is -2.33. The molecule has 0 spiro atoms. The molecule has 1 aromatic heterocycles. The monoisotopic (exact) mass is 525 g/mol. The van der Waals surface area contributed by atoms with Crippen molar-refractivity contribution < 1.29 is 23.8 Å². The highest BCUT2D eigenvalue weighted by atomic mass is 16.6. The number of fused-ring (bicyclic) bond motifs is 1. The molecule has 0 radical (unpaired) electrons. The van der Waals surface area contributed by atoms with E-state index in [1.807, 2.05) is 33.9 Å². The maximum Gasteiger partial charge on any atom is 0.410 e. The minimum atomic E-state index is -0.482. The number of anilines is 3. The van der Waals surface area contributed by atoms with E-state index in [1.165, 1.54) is 11.3 Å². The Morgan fingerprint density at radius 2 is 1.92 bits per heavy atom. The largest absolute Gasteiger partial charge is 0.474 e. The third-order valence-corrected chi connectivity index (χ3v) is 6.67. The Balaban J connectivity index is 0.000000417. The number of hydrogen-bond donors (Lipinski definition) is 1. The molecule has 38 heavy (non-hydrogen) atoms. The van der Waals surface area contributed by atoms with Gasteiger partial charge in [-0.15, -0.1) is 0 Å². The first-order valence-corrected chi connectivity index (χ1v) is 13.4. The fraction of sp³-hybridized carbons (Fsp3) is 0.571. The molecule has 3 aliphatic heterocycles. The molecule has 0 saturated carbocycles. The van der Waals surface area contributed by atoms with Gasteiger partial charge in [-0.1, -0.05) is 0 Å². The number of aldehydes is 1. The number of likely N-dealkylation sites (tertiary alicyclic amines) is 1. The van der Waals surface area contributed by atoms with Crippen LogP contribution in [0.3, 0.4) is 0 Å². The smallest absolute Gasteiger partial charge is 0.410 e. The molecule has 0 aliphatic carbocycles. The Kier molecular flexibility index (Phi) is 9.04. The second-order valence-electron chi connectivity index (χ2n) is 10.7. The molecule has 1 atom stereocenters. The van der Waals surface area contributed by atoms with Crippen LogP contribution in [0.1, 0.15) is 52.0 Å². The van der Waals surface area contributed by atoms with Gasteiger partial charge in [0.15, 0.2) is 0 Å². The van der Waals surface area contributed by atoms with Crippen LogP contribution in [0.5, 0.6) is 5.88 Å². The number of aromatic nitrogens is 2. The van der Waals surface area contributed by atoms with Gasteiger partial charge in [0.2, 0.25) is 5.88 Å². The summed E-state index contributed by atoms with van der Waals surface area (Å²) in [6.07, 6.45) is 6.54. The SMILES string of the molecule is CNc1ccc2c(c1)CCN2c1cc(OC2CCN(C(=O)OC(C)(C)C)CC2)ncn1.O=C[C@@H]1CCCO1. The van der Waals surface area contributed by atoms with Crippen molar-refractivity contribution in [1.29, 1.82) is 0 Å². The van der Waals surface area contributed by atoms with Crippen molar-refractivity contribution in [1.82, 2.24) is 14.9 Å². The average Bonchev–Trinajstić information content (AvgIpc) is 3.58. The first-order chi connectivity index (χ1) is 18.3. The number of nitrogens with zero attached hydrogens (tertiary/aromatic N) is 4. The molecular formula is C28H39N5O5. The van der Waals surface area contributed by atoms with Gasteiger partial charge in [0.1, 0.15) is 36.2 Å². The number of benzene rings is 1. The Morgan fingerprint density at radius 3 is 2.55 bits per heavy atom. The van der Waals surface area contributed by atoms with E-state index in [1.54, 1.807) is 11.2 Å². The van der Waals surface area contributed by atoms with E-state index >= 15 is 0 Å². The van der Waals surface area contributed by atoms with Crippen molar-refractivity contribution in [3.05, 3.63) is 36.2 Å². The van der Waals surface area contributed by atoms with E-state index in [0.717, 1.165) is 63.0 Å². The van der Waals surface area contributed by atoms with Crippen LogP contribution >= 0.6 is 0 Å². The quantitative estimate of drug-likeness (QED) is 0.570. The minimum absolute atomic E-state index is 0.0190. The van der Waals surface area contributed by atoms with E-state index < -0.39 is 5.60 Å². The van der Waals surface area contributed by atoms with Gasteiger partial charge in [0.05, 0.1) is 0 Å². The highest BCUT2D eigenvalue weighted by Crippen LogP contribution is 2.36. The van der Waals surface area contributed by atoms with Gasteiger partial charge in [-0.2, -0.15) is 0 Å². The molecule has 1 aromatic carbocycles. The van der Waals surface area contributed by atoms with Gasteiger partial charge >= 0.3 is 6.09 Å². The standard InChI is InChI=1S/C23H31N5O3.C5H8O2/c1-23(2,3)31-22(29)27-10-8-18(9-11-27)30-21-14-20(25-15-26-21)28-12-7-16-13-17(24-4)5-6-19(16)28;6-4-5-2-1-3-7-5/h5-6,13-15,18,24H,7-12H2,1-4H3;4-5H,1-3H2/t;5-/m.0/s1. The molecular weight excluding hydrogens is 486 g/mol. The van der Waals surface area contributed by atoms with Gasteiger partial charge < -0.3 is 34.1 Å². The predicted octanol–water partition coefficient (Wildman–Crippen LogP) is 4.36. The minimum Gasteiger partial charge on any atom is -0.474 e. The summed E-state index contributed by atoms with van der Waals surface area (Å²) in [5, 5.41) is 3.19. The van der Waals surface area contributed by atoms with Crippen molar-refractivity contribution in [3.8, 4) is 5.88 Å². The van der Waals surface area contributed by atoms with Crippen LogP contribution in [0, 0.1) is 0 Å². The van der Waals surface area contributed by atoms with E-state index in [9.17, 15) is 9.59 Å². The Morgan fingerprint density at radius 1 is 1.13 bits per heavy atom. The average molecular weight is 526 g/mol. The first-order valence-electron chi connectivity index (χ1n) is 13.4. The lowest BCUT2D eigenvalue weighted by molar-refractivity contribution is -0.115. The van der Waals surface area contributed by atoms with Crippen LogP contribution in [0.15, 0.2) is 30.6 Å². The number of carbonyl (C=O) groups excluding carboxylic acids is 2. The maximum atomic E-state index is 12.2. The summed E-state index contributed by atoms with van der Waals surface area (Å²) < 4.78 is 16.5. The number of piperidine rings is 1. The Labute approximate surface area is 224 Å². The van der Waals surface area contributed by atoms with Gasteiger partial charge in [-0.25, -0.2) is 14.8 Å². The lowest BCUT2D eigenvalue weighted by atomic mass is 10.1. The molecule has 10 heteroatoms. The first kappa shape index (κ1) is 27.6. The third-order valence-electron chi connectivity index (χ3n) is 6.67. The molecule has 10 nitrogen and oxygen atoms in total. The summed E-state index contributed by atoms with van der Waals surface area (Å²) in [5.41, 5.74) is 3.12. The summed E-state index contributed by atoms with van der Waals surface area (Å²) in [4.78, 5) is 34.9. The highest BCUT2D eigenvalue weighted by molar-refractivity contribution is 5.71. The Bertz CT molecular complexity index is 1090. The molecule has 1 N–H and O–H groups in total. The van der Waals surface area contributed by atoms with Gasteiger partial charge in [0.25, 0.3) is 0 Å². The van der Waals surface area contributed by atoms with Crippen LogP contribution in [0.4, 0.5) is 22.0 Å². The fourth-order valence-electron chi connectivity index (χ4n) is 4.70. The normalized spacial score (nSPS) is 19.3. The van der Waals surface area contributed by atoms with Gasteiger partial charge in [-0.05, 0) is 63.8 Å². The zero-order valence-electron chi connectivity index (χ0n) is 22.8. The van der Waals surface area contributed by atoms with E-state index in [2.05, 4.69) is 38.4 Å². The van der Waals surface area contributed by atoms with E-state index in [-0.39, 0.29) is 18.3 Å². The number of rotatable bonds is 5. The summed E-state index contributed by atoms with van der Waals surface area (Å²) >= 11 is 0. The third kappa shape index (κ3) is 7.34. The van der Waals surface area contributed by atoms with Crippen molar-refractivity contribution in [2.75, 3.05) is 43.5 Å². The summed E-state index contributed by atoms with van der Waals surface area (Å²) in [6, 6.07) is 8.30. The second kappa shape index (κ2) is 12.4. The lowest BCUT2D eigenvalue weighted by Crippen LogP contribution is -2.44. The van der Waals surface area contributed by atoms with Crippen LogP contribution in [-0.4, -0.2) is 78.3 Å². The molecule has 2 fully saturated rings. The molecule has 0 unspecified atom stereocenters. The molecule has 2 aromatic rings. The predicted molar refractivity (Wildman–Crippen MR) is 145 cm³/mol. The topological polar surface area (TPSA) is 106 Å². The molecule has 1 amide bonds. The molecule has 0 bridgehead atoms. The summed E-state index contributed by atoms with van der Waals surface area (Å²) in [7, 11) is 1.93. The van der Waals surface area contributed by atoms with Crippen molar-refractivity contribution in [2.24, 2.45) is 0 Å². The second-order valence-corrected chi connectivity index (χ2v) is 10.7. The molecule has 5 rings (SSSR count). The van der Waals surface area contributed by atoms with Crippen LogP contribution in [-0.2, 0) is 20.7 Å². The van der Waals surface area contributed by atoms with Crippen LogP contribution in [0.2, 0.25) is 0 Å². The van der Waals surface area contributed by atoms with Crippen LogP contribution < -0.4 is 15.0 Å². The number of amides is 1. The van der Waals surface area contributed by atoms with E-state index in [4.69, 9.17) is 14.2 Å². The van der Waals surface area contributed by atoms with E-state index in [0.29, 0.717) is 19.0 Å². The van der Waals surface area contributed by atoms with Gasteiger partial charge in [-0.3, -0.25) is 0 Å². The molecule has 2 saturated heterocycles. The number of ether oxygens (including phenoxy) is 3. The molecule has 4 heterocycles. The fourth-order valence-corrected chi connectivity index (χ4v) is 4.70. The van der Waals surface area contributed by atoms with Crippen molar-refractivity contribution >= 4 is 29.6 Å². The van der Waals surface area contributed by atoms with Gasteiger partial charge in [0, 0.05) is 63.6 Å². The number of carbonyl (C=O) groups is 2. The zero-order valence-corrected chi connectivity index (χ0v) is 22.8. The van der Waals surface area contributed by atoms with Crippen LogP contribution in [0.25, 0.3) is 0 Å². The zero-order chi connectivity index (χ0) is 27.1. The van der Waals surface area contributed by atoms with Crippen molar-refractivity contribution in [2.45, 2.75) is 70.7 Å². The number of nitrogens with one attached hydrogen (secondary N) is 1. The highest BCUT2D eigenvalue weighted by Gasteiger charge is 2.28. The summed E-state index contributed by atoms with van der Waals surface area (Å²) in [6.45, 7) is 8.52. The van der Waals surface area contributed by atoms with Crippen molar-refractivity contribution in [3.63, 3.8) is 0 Å². The molecule has 3 aliphatic rings. The maximum absolute atomic E-state index is 12.2. The molecule has 206 valence electrons.